The zero-order chi connectivity index (χ0) is 15.9. The first-order chi connectivity index (χ1) is 10.6. The second-order valence-corrected chi connectivity index (χ2v) is 5.79. The van der Waals surface area contributed by atoms with Gasteiger partial charge in [-0.2, -0.15) is 0 Å². The molecule has 0 radical (unpaired) electrons. The number of piperazine rings is 1. The van der Waals surface area contributed by atoms with E-state index < -0.39 is 0 Å². The Morgan fingerprint density at radius 3 is 2.41 bits per heavy atom. The summed E-state index contributed by atoms with van der Waals surface area (Å²) >= 11 is 0. The standard InChI is InChI=1S/C17H27N3O2/c1-14-6-4-7-15(2)16(14)19-9-11-20(12-10-19)17(21)18-8-5-13-22-3/h4,6-7H,5,8-13H2,1-3H3,(H,18,21). The van der Waals surface area contributed by atoms with E-state index in [9.17, 15) is 4.79 Å². The molecule has 2 rings (SSSR count). The minimum absolute atomic E-state index is 0.0391. The van der Waals surface area contributed by atoms with Crippen molar-refractivity contribution in [2.45, 2.75) is 20.3 Å². The first-order valence-electron chi connectivity index (χ1n) is 7.96. The van der Waals surface area contributed by atoms with Crippen LogP contribution in [0, 0.1) is 13.8 Å². The van der Waals surface area contributed by atoms with Crippen molar-refractivity contribution < 1.29 is 9.53 Å². The molecule has 1 heterocycles. The number of carbonyl (C=O) groups excluding carboxylic acids is 1. The van der Waals surface area contributed by atoms with Gasteiger partial charge in [0.1, 0.15) is 0 Å². The zero-order valence-electron chi connectivity index (χ0n) is 13.9. The third kappa shape index (κ3) is 4.13. The molecule has 122 valence electrons. The number of nitrogens with one attached hydrogen (secondary N) is 1. The fraction of sp³-hybridized carbons (Fsp3) is 0.588. The van der Waals surface area contributed by atoms with Crippen LogP contribution in [0.2, 0.25) is 0 Å². The van der Waals surface area contributed by atoms with Crippen molar-refractivity contribution in [3.63, 3.8) is 0 Å². The molecule has 1 aliphatic heterocycles. The second-order valence-electron chi connectivity index (χ2n) is 5.79. The van der Waals surface area contributed by atoms with E-state index in [0.717, 1.165) is 32.6 Å². The summed E-state index contributed by atoms with van der Waals surface area (Å²) in [7, 11) is 1.68. The highest BCUT2D eigenvalue weighted by atomic mass is 16.5. The quantitative estimate of drug-likeness (QED) is 0.848. The van der Waals surface area contributed by atoms with Crippen molar-refractivity contribution in [3.05, 3.63) is 29.3 Å². The summed E-state index contributed by atoms with van der Waals surface area (Å²) in [6.45, 7) is 8.96. The maximum absolute atomic E-state index is 12.1. The average Bonchev–Trinajstić information content (AvgIpc) is 2.52. The van der Waals surface area contributed by atoms with Crippen LogP contribution in [0.4, 0.5) is 10.5 Å². The van der Waals surface area contributed by atoms with Crippen LogP contribution in [0.25, 0.3) is 0 Å². The van der Waals surface area contributed by atoms with Crippen LogP contribution in [0.5, 0.6) is 0 Å². The number of methoxy groups -OCH3 is 1. The highest BCUT2D eigenvalue weighted by molar-refractivity contribution is 5.74. The van der Waals surface area contributed by atoms with Gasteiger partial charge in [-0.3, -0.25) is 0 Å². The Bertz CT molecular complexity index is 476. The number of aryl methyl sites for hydroxylation is 2. The number of para-hydroxylation sites is 1. The highest BCUT2D eigenvalue weighted by Crippen LogP contribution is 2.25. The lowest BCUT2D eigenvalue weighted by atomic mass is 10.1. The summed E-state index contributed by atoms with van der Waals surface area (Å²) in [6, 6.07) is 6.43. The van der Waals surface area contributed by atoms with E-state index in [-0.39, 0.29) is 6.03 Å². The molecule has 1 fully saturated rings. The highest BCUT2D eigenvalue weighted by Gasteiger charge is 2.22. The fourth-order valence-corrected chi connectivity index (χ4v) is 2.96. The second kappa shape index (κ2) is 8.03. The van der Waals surface area contributed by atoms with Crippen LogP contribution in [0.3, 0.4) is 0 Å². The number of nitrogens with zero attached hydrogens (tertiary/aromatic N) is 2. The van der Waals surface area contributed by atoms with Crippen molar-refractivity contribution in [3.8, 4) is 0 Å². The predicted octanol–water partition coefficient (Wildman–Crippen LogP) is 2.17. The van der Waals surface area contributed by atoms with Crippen LogP contribution in [-0.4, -0.2) is 57.4 Å². The summed E-state index contributed by atoms with van der Waals surface area (Å²) in [5, 5.41) is 2.95. The molecule has 1 aromatic rings. The molecule has 0 saturated carbocycles. The van der Waals surface area contributed by atoms with Crippen molar-refractivity contribution in [2.75, 3.05) is 51.3 Å². The molecular formula is C17H27N3O2. The third-order valence-corrected chi connectivity index (χ3v) is 4.12. The van der Waals surface area contributed by atoms with E-state index in [1.807, 2.05) is 4.90 Å². The van der Waals surface area contributed by atoms with Gasteiger partial charge in [-0.25, -0.2) is 4.79 Å². The summed E-state index contributed by atoms with van der Waals surface area (Å²) in [5.74, 6) is 0. The van der Waals surface area contributed by atoms with Gasteiger partial charge in [0, 0.05) is 52.1 Å². The van der Waals surface area contributed by atoms with Gasteiger partial charge in [0.05, 0.1) is 0 Å². The minimum atomic E-state index is 0.0391. The Hall–Kier alpha value is -1.75. The number of urea groups is 1. The molecule has 2 amide bonds. The molecular weight excluding hydrogens is 278 g/mol. The van der Waals surface area contributed by atoms with Gasteiger partial charge in [0.15, 0.2) is 0 Å². The van der Waals surface area contributed by atoms with Gasteiger partial charge in [-0.05, 0) is 31.4 Å². The van der Waals surface area contributed by atoms with Crippen molar-refractivity contribution in [1.82, 2.24) is 10.2 Å². The molecule has 1 aliphatic rings. The molecule has 5 nitrogen and oxygen atoms in total. The summed E-state index contributed by atoms with van der Waals surface area (Å²) in [4.78, 5) is 16.4. The Morgan fingerprint density at radius 1 is 1.18 bits per heavy atom. The van der Waals surface area contributed by atoms with Gasteiger partial charge >= 0.3 is 6.03 Å². The van der Waals surface area contributed by atoms with Crippen molar-refractivity contribution in [2.24, 2.45) is 0 Å². The molecule has 0 bridgehead atoms. The number of anilines is 1. The molecule has 0 aliphatic carbocycles. The smallest absolute Gasteiger partial charge is 0.317 e. The normalized spacial score (nSPS) is 15.0. The Morgan fingerprint density at radius 2 is 1.82 bits per heavy atom. The molecule has 0 atom stereocenters. The number of hydrogen-bond acceptors (Lipinski definition) is 3. The Balaban J connectivity index is 1.84. The van der Waals surface area contributed by atoms with Gasteiger partial charge in [0.2, 0.25) is 0 Å². The lowest BCUT2D eigenvalue weighted by molar-refractivity contribution is 0.183. The molecule has 1 aromatic carbocycles. The van der Waals surface area contributed by atoms with E-state index in [2.05, 4.69) is 42.3 Å². The number of amides is 2. The summed E-state index contributed by atoms with van der Waals surface area (Å²) in [5.41, 5.74) is 3.93. The zero-order valence-corrected chi connectivity index (χ0v) is 13.9. The Kier molecular flexibility index (Phi) is 6.07. The number of hydrogen-bond donors (Lipinski definition) is 1. The van der Waals surface area contributed by atoms with E-state index in [0.29, 0.717) is 13.2 Å². The summed E-state index contributed by atoms with van der Waals surface area (Å²) in [6.07, 6.45) is 0.852. The number of ether oxygens (including phenoxy) is 1. The topological polar surface area (TPSA) is 44.8 Å². The predicted molar refractivity (Wildman–Crippen MR) is 89.6 cm³/mol. The average molecular weight is 305 g/mol. The van der Waals surface area contributed by atoms with Crippen LogP contribution in [0.15, 0.2) is 18.2 Å². The molecule has 0 unspecified atom stereocenters. The van der Waals surface area contributed by atoms with Gasteiger partial charge in [-0.1, -0.05) is 18.2 Å². The minimum Gasteiger partial charge on any atom is -0.385 e. The lowest BCUT2D eigenvalue weighted by Crippen LogP contribution is -2.52. The Labute approximate surface area is 133 Å². The third-order valence-electron chi connectivity index (χ3n) is 4.12. The number of carbonyl (C=O) groups is 1. The molecule has 1 N–H and O–H groups in total. The molecule has 5 heteroatoms. The van der Waals surface area contributed by atoms with Gasteiger partial charge in [0.25, 0.3) is 0 Å². The maximum atomic E-state index is 12.1. The van der Waals surface area contributed by atoms with E-state index in [4.69, 9.17) is 4.74 Å². The van der Waals surface area contributed by atoms with Crippen LogP contribution in [-0.2, 0) is 4.74 Å². The van der Waals surface area contributed by atoms with Crippen LogP contribution in [0.1, 0.15) is 17.5 Å². The molecule has 0 spiro atoms. The first-order valence-corrected chi connectivity index (χ1v) is 7.96. The SMILES string of the molecule is COCCCNC(=O)N1CCN(c2c(C)cccc2C)CC1. The van der Waals surface area contributed by atoms with E-state index in [1.54, 1.807) is 7.11 Å². The van der Waals surface area contributed by atoms with Crippen LogP contribution >= 0.6 is 0 Å². The van der Waals surface area contributed by atoms with Crippen molar-refractivity contribution >= 4 is 11.7 Å². The number of rotatable bonds is 5. The van der Waals surface area contributed by atoms with Crippen molar-refractivity contribution in [1.29, 1.82) is 0 Å². The first kappa shape index (κ1) is 16.6. The molecule has 0 aromatic heterocycles. The maximum Gasteiger partial charge on any atom is 0.317 e. The monoisotopic (exact) mass is 305 g/mol. The largest absolute Gasteiger partial charge is 0.385 e. The lowest BCUT2D eigenvalue weighted by Gasteiger charge is -2.37. The fourth-order valence-electron chi connectivity index (χ4n) is 2.96. The molecule has 1 saturated heterocycles. The van der Waals surface area contributed by atoms with Gasteiger partial charge < -0.3 is 19.9 Å². The van der Waals surface area contributed by atoms with Gasteiger partial charge in [-0.15, -0.1) is 0 Å². The van der Waals surface area contributed by atoms with E-state index >= 15 is 0 Å². The van der Waals surface area contributed by atoms with E-state index in [1.165, 1.54) is 16.8 Å². The summed E-state index contributed by atoms with van der Waals surface area (Å²) < 4.78 is 4.98. The molecule has 22 heavy (non-hydrogen) atoms. The number of benzene rings is 1. The van der Waals surface area contributed by atoms with Crippen LogP contribution < -0.4 is 10.2 Å².